The summed E-state index contributed by atoms with van der Waals surface area (Å²) in [7, 11) is 0. The molecule has 2 N–H and O–H groups in total. The number of fused-ring (bicyclic) bond motifs is 1. The van der Waals surface area contributed by atoms with E-state index >= 15 is 0 Å². The van der Waals surface area contributed by atoms with Gasteiger partial charge in [0, 0.05) is 18.1 Å². The third-order valence-corrected chi connectivity index (χ3v) is 1.96. The van der Waals surface area contributed by atoms with E-state index in [0.717, 1.165) is 16.5 Å². The van der Waals surface area contributed by atoms with Crippen LogP contribution < -0.4 is 5.73 Å². The standard InChI is InChI=1S/C10H10N2/c11-7-8-3-1-5-10-9(8)4-2-6-12-10/h1-6H,7,11H2. The van der Waals surface area contributed by atoms with Crippen LogP contribution in [-0.2, 0) is 6.54 Å². The number of nitrogens with two attached hydrogens (primary N) is 1. The molecule has 0 amide bonds. The van der Waals surface area contributed by atoms with E-state index in [4.69, 9.17) is 5.73 Å². The molecule has 0 unspecified atom stereocenters. The minimum atomic E-state index is 0.572. The summed E-state index contributed by atoms with van der Waals surface area (Å²) in [4.78, 5) is 4.23. The van der Waals surface area contributed by atoms with E-state index in [1.54, 1.807) is 6.20 Å². The van der Waals surface area contributed by atoms with Crippen molar-refractivity contribution in [3.8, 4) is 0 Å². The summed E-state index contributed by atoms with van der Waals surface area (Å²) >= 11 is 0. The van der Waals surface area contributed by atoms with Crippen LogP contribution in [0.15, 0.2) is 36.5 Å². The maximum Gasteiger partial charge on any atom is 0.0705 e. The lowest BCUT2D eigenvalue weighted by Crippen LogP contribution is -1.96. The van der Waals surface area contributed by atoms with Crippen LogP contribution in [0.2, 0.25) is 0 Å². The van der Waals surface area contributed by atoms with Crippen LogP contribution in [0.3, 0.4) is 0 Å². The Morgan fingerprint density at radius 3 is 2.92 bits per heavy atom. The molecule has 1 aromatic carbocycles. The van der Waals surface area contributed by atoms with Gasteiger partial charge in [0.25, 0.3) is 0 Å². The van der Waals surface area contributed by atoms with Gasteiger partial charge in [0.15, 0.2) is 0 Å². The van der Waals surface area contributed by atoms with Crippen molar-refractivity contribution in [2.75, 3.05) is 0 Å². The summed E-state index contributed by atoms with van der Waals surface area (Å²) < 4.78 is 0. The van der Waals surface area contributed by atoms with Crippen molar-refractivity contribution in [3.05, 3.63) is 42.1 Å². The summed E-state index contributed by atoms with van der Waals surface area (Å²) in [6.07, 6.45) is 1.79. The minimum Gasteiger partial charge on any atom is -0.326 e. The molecule has 0 saturated heterocycles. The van der Waals surface area contributed by atoms with Crippen LogP contribution in [-0.4, -0.2) is 4.98 Å². The first kappa shape index (κ1) is 7.25. The molecular weight excluding hydrogens is 148 g/mol. The van der Waals surface area contributed by atoms with Gasteiger partial charge in [-0.05, 0) is 17.7 Å². The number of aromatic nitrogens is 1. The van der Waals surface area contributed by atoms with Crippen molar-refractivity contribution in [1.82, 2.24) is 4.98 Å². The maximum atomic E-state index is 5.59. The van der Waals surface area contributed by atoms with Crippen LogP contribution in [0.4, 0.5) is 0 Å². The SMILES string of the molecule is NCc1cccc2ncccc12. The first-order valence-corrected chi connectivity index (χ1v) is 3.94. The van der Waals surface area contributed by atoms with E-state index in [1.807, 2.05) is 30.3 Å². The summed E-state index contributed by atoms with van der Waals surface area (Å²) in [6.45, 7) is 0.572. The van der Waals surface area contributed by atoms with Crippen molar-refractivity contribution in [3.63, 3.8) is 0 Å². The predicted molar refractivity (Wildman–Crippen MR) is 49.6 cm³/mol. The average molecular weight is 158 g/mol. The Labute approximate surface area is 71.0 Å². The molecule has 1 aromatic heterocycles. The summed E-state index contributed by atoms with van der Waals surface area (Å²) in [6, 6.07) is 9.99. The van der Waals surface area contributed by atoms with Crippen molar-refractivity contribution in [1.29, 1.82) is 0 Å². The lowest BCUT2D eigenvalue weighted by atomic mass is 10.1. The fourth-order valence-corrected chi connectivity index (χ4v) is 1.35. The summed E-state index contributed by atoms with van der Waals surface area (Å²) in [5, 5.41) is 1.16. The molecule has 2 rings (SSSR count). The maximum absolute atomic E-state index is 5.59. The fraction of sp³-hybridized carbons (Fsp3) is 0.100. The zero-order valence-corrected chi connectivity index (χ0v) is 6.70. The van der Waals surface area contributed by atoms with Crippen molar-refractivity contribution >= 4 is 10.9 Å². The second-order valence-electron chi connectivity index (χ2n) is 2.69. The molecule has 2 aromatic rings. The van der Waals surface area contributed by atoms with Crippen LogP contribution in [0, 0.1) is 0 Å². The number of hydrogen-bond donors (Lipinski definition) is 1. The Morgan fingerprint density at radius 2 is 2.08 bits per heavy atom. The van der Waals surface area contributed by atoms with Crippen molar-refractivity contribution in [2.24, 2.45) is 5.73 Å². The predicted octanol–water partition coefficient (Wildman–Crippen LogP) is 1.69. The Hall–Kier alpha value is -1.41. The monoisotopic (exact) mass is 158 g/mol. The Bertz CT molecular complexity index is 390. The van der Waals surface area contributed by atoms with Crippen molar-refractivity contribution in [2.45, 2.75) is 6.54 Å². The van der Waals surface area contributed by atoms with Gasteiger partial charge in [-0.25, -0.2) is 0 Å². The van der Waals surface area contributed by atoms with Crippen LogP contribution in [0.5, 0.6) is 0 Å². The molecule has 0 atom stereocenters. The van der Waals surface area contributed by atoms with Gasteiger partial charge in [-0.3, -0.25) is 4.98 Å². The van der Waals surface area contributed by atoms with E-state index in [2.05, 4.69) is 4.98 Å². The lowest BCUT2D eigenvalue weighted by molar-refractivity contribution is 1.08. The topological polar surface area (TPSA) is 38.9 Å². The second kappa shape index (κ2) is 2.91. The Morgan fingerprint density at radius 1 is 1.17 bits per heavy atom. The number of nitrogens with zero attached hydrogens (tertiary/aromatic N) is 1. The number of pyridine rings is 1. The molecule has 0 aliphatic carbocycles. The molecule has 0 bridgehead atoms. The highest BCUT2D eigenvalue weighted by atomic mass is 14.6. The van der Waals surface area contributed by atoms with E-state index in [-0.39, 0.29) is 0 Å². The van der Waals surface area contributed by atoms with E-state index in [1.165, 1.54) is 0 Å². The molecule has 0 aliphatic rings. The Kier molecular flexibility index (Phi) is 1.76. The molecule has 0 radical (unpaired) electrons. The van der Waals surface area contributed by atoms with Crippen LogP contribution in [0.1, 0.15) is 5.56 Å². The normalized spacial score (nSPS) is 10.4. The number of benzene rings is 1. The van der Waals surface area contributed by atoms with Gasteiger partial charge in [0.1, 0.15) is 0 Å². The molecular formula is C10H10N2. The molecule has 60 valence electrons. The first-order valence-electron chi connectivity index (χ1n) is 3.94. The largest absolute Gasteiger partial charge is 0.326 e. The lowest BCUT2D eigenvalue weighted by Gasteiger charge is -2.01. The highest BCUT2D eigenvalue weighted by Gasteiger charge is 1.96. The highest BCUT2D eigenvalue weighted by molar-refractivity contribution is 5.81. The van der Waals surface area contributed by atoms with Crippen LogP contribution >= 0.6 is 0 Å². The number of hydrogen-bond acceptors (Lipinski definition) is 2. The van der Waals surface area contributed by atoms with Gasteiger partial charge in [0.2, 0.25) is 0 Å². The molecule has 2 nitrogen and oxygen atoms in total. The second-order valence-corrected chi connectivity index (χ2v) is 2.69. The third-order valence-electron chi connectivity index (χ3n) is 1.96. The van der Waals surface area contributed by atoms with Crippen molar-refractivity contribution < 1.29 is 0 Å². The van der Waals surface area contributed by atoms with E-state index in [0.29, 0.717) is 6.54 Å². The van der Waals surface area contributed by atoms with E-state index < -0.39 is 0 Å². The van der Waals surface area contributed by atoms with E-state index in [9.17, 15) is 0 Å². The molecule has 1 heterocycles. The zero-order valence-electron chi connectivity index (χ0n) is 6.70. The summed E-state index contributed by atoms with van der Waals surface area (Å²) in [5.74, 6) is 0. The fourth-order valence-electron chi connectivity index (χ4n) is 1.35. The van der Waals surface area contributed by atoms with Gasteiger partial charge in [-0.2, -0.15) is 0 Å². The molecule has 0 spiro atoms. The minimum absolute atomic E-state index is 0.572. The molecule has 12 heavy (non-hydrogen) atoms. The van der Waals surface area contributed by atoms with Gasteiger partial charge < -0.3 is 5.73 Å². The molecule has 0 aliphatic heterocycles. The smallest absolute Gasteiger partial charge is 0.0705 e. The van der Waals surface area contributed by atoms with Gasteiger partial charge >= 0.3 is 0 Å². The van der Waals surface area contributed by atoms with Gasteiger partial charge in [-0.1, -0.05) is 18.2 Å². The molecule has 2 heteroatoms. The zero-order chi connectivity index (χ0) is 8.39. The molecule has 0 saturated carbocycles. The van der Waals surface area contributed by atoms with Gasteiger partial charge in [0.05, 0.1) is 5.52 Å². The average Bonchev–Trinajstić information content (AvgIpc) is 2.17. The number of rotatable bonds is 1. The third kappa shape index (κ3) is 1.06. The highest BCUT2D eigenvalue weighted by Crippen LogP contribution is 2.15. The van der Waals surface area contributed by atoms with Crippen LogP contribution in [0.25, 0.3) is 10.9 Å². The Balaban J connectivity index is 2.79. The first-order chi connectivity index (χ1) is 5.92. The molecule has 0 fully saturated rings. The van der Waals surface area contributed by atoms with Gasteiger partial charge in [-0.15, -0.1) is 0 Å². The quantitative estimate of drug-likeness (QED) is 0.686. The summed E-state index contributed by atoms with van der Waals surface area (Å²) in [5.41, 5.74) is 7.76.